The van der Waals surface area contributed by atoms with Gasteiger partial charge in [0, 0.05) is 14.7 Å². The quantitative estimate of drug-likeness (QED) is 0.561. The third-order valence-corrected chi connectivity index (χ3v) is 4.96. The lowest BCUT2D eigenvalue weighted by Crippen LogP contribution is -2.02. The predicted octanol–water partition coefficient (Wildman–Crippen LogP) is 5.75. The molecule has 0 aliphatic carbocycles. The Morgan fingerprint density at radius 3 is 1.95 bits per heavy atom. The number of hydrogen-bond acceptors (Lipinski definition) is 3. The molecule has 0 radical (unpaired) electrons. The van der Waals surface area contributed by atoms with Crippen molar-refractivity contribution < 1.29 is 5.11 Å². The molecule has 0 bridgehead atoms. The lowest BCUT2D eigenvalue weighted by atomic mass is 10.3. The molecule has 104 valence electrons. The van der Waals surface area contributed by atoms with Crippen molar-refractivity contribution in [3.63, 3.8) is 0 Å². The molecule has 0 amide bonds. The van der Waals surface area contributed by atoms with Gasteiger partial charge in [-0.05, 0) is 38.1 Å². The van der Waals surface area contributed by atoms with E-state index in [1.165, 1.54) is 4.90 Å². The van der Waals surface area contributed by atoms with Crippen molar-refractivity contribution in [1.82, 2.24) is 0 Å². The molecule has 1 atom stereocenters. The molecule has 0 saturated carbocycles. The standard InChI is InChI=1S/C17H18OS2/c1-13(19-15-9-5-3-6-10-15)17(18)14(2)20-16-11-7-4-8-12-16/h3-13,18H,1-2H3/b17-14+. The summed E-state index contributed by atoms with van der Waals surface area (Å²) in [5, 5.41) is 10.4. The van der Waals surface area contributed by atoms with E-state index in [4.69, 9.17) is 0 Å². The van der Waals surface area contributed by atoms with E-state index in [9.17, 15) is 5.11 Å². The smallest absolute Gasteiger partial charge is 0.115 e. The summed E-state index contributed by atoms with van der Waals surface area (Å²) in [7, 11) is 0. The first-order valence-corrected chi connectivity index (χ1v) is 8.21. The lowest BCUT2D eigenvalue weighted by molar-refractivity contribution is 0.396. The largest absolute Gasteiger partial charge is 0.510 e. The molecule has 3 heteroatoms. The molecule has 1 nitrogen and oxygen atoms in total. The second-order valence-corrected chi connectivity index (χ2v) is 7.13. The SMILES string of the molecule is C/C(Sc1ccccc1)=C(\O)C(C)Sc1ccccc1. The molecule has 0 heterocycles. The van der Waals surface area contributed by atoms with Gasteiger partial charge < -0.3 is 5.11 Å². The topological polar surface area (TPSA) is 20.2 Å². The van der Waals surface area contributed by atoms with E-state index in [2.05, 4.69) is 24.3 Å². The molecule has 2 aromatic carbocycles. The zero-order chi connectivity index (χ0) is 14.4. The Hall–Kier alpha value is -1.32. The van der Waals surface area contributed by atoms with Gasteiger partial charge in [0.25, 0.3) is 0 Å². The average molecular weight is 302 g/mol. The molecule has 2 rings (SSSR count). The van der Waals surface area contributed by atoms with Crippen molar-refractivity contribution in [3.05, 3.63) is 71.3 Å². The molecule has 1 unspecified atom stereocenters. The van der Waals surface area contributed by atoms with E-state index in [1.807, 2.05) is 50.2 Å². The van der Waals surface area contributed by atoms with Crippen LogP contribution in [0, 0.1) is 0 Å². The molecule has 1 N–H and O–H groups in total. The van der Waals surface area contributed by atoms with Gasteiger partial charge in [-0.25, -0.2) is 0 Å². The number of benzene rings is 2. The Morgan fingerprint density at radius 1 is 0.900 bits per heavy atom. The third kappa shape index (κ3) is 4.36. The minimum atomic E-state index is 0.0496. The van der Waals surface area contributed by atoms with E-state index < -0.39 is 0 Å². The zero-order valence-electron chi connectivity index (χ0n) is 11.6. The van der Waals surface area contributed by atoms with Crippen LogP contribution in [0.2, 0.25) is 0 Å². The van der Waals surface area contributed by atoms with Crippen LogP contribution in [-0.4, -0.2) is 10.4 Å². The van der Waals surface area contributed by atoms with Crippen LogP contribution in [0.25, 0.3) is 0 Å². The third-order valence-electron chi connectivity index (χ3n) is 2.82. The Balaban J connectivity index is 2.04. The number of rotatable bonds is 5. The summed E-state index contributed by atoms with van der Waals surface area (Å²) in [6.45, 7) is 4.00. The fraction of sp³-hybridized carbons (Fsp3) is 0.176. The second kappa shape index (κ2) is 7.46. The van der Waals surface area contributed by atoms with E-state index in [1.54, 1.807) is 23.5 Å². The van der Waals surface area contributed by atoms with E-state index in [-0.39, 0.29) is 5.25 Å². The first kappa shape index (κ1) is 15.1. The average Bonchev–Trinajstić information content (AvgIpc) is 2.48. The fourth-order valence-corrected chi connectivity index (χ4v) is 3.78. The van der Waals surface area contributed by atoms with Crippen molar-refractivity contribution in [2.75, 3.05) is 0 Å². The summed E-state index contributed by atoms with van der Waals surface area (Å²) in [6, 6.07) is 20.3. The van der Waals surface area contributed by atoms with Crippen molar-refractivity contribution in [3.8, 4) is 0 Å². The maximum atomic E-state index is 10.3. The van der Waals surface area contributed by atoms with E-state index in [0.717, 1.165) is 9.80 Å². The van der Waals surface area contributed by atoms with Gasteiger partial charge in [0.2, 0.25) is 0 Å². The fourth-order valence-electron chi connectivity index (χ4n) is 1.76. The summed E-state index contributed by atoms with van der Waals surface area (Å²) in [5.74, 6) is 0.452. The monoisotopic (exact) mass is 302 g/mol. The van der Waals surface area contributed by atoms with E-state index >= 15 is 0 Å². The summed E-state index contributed by atoms with van der Waals surface area (Å²) in [5.41, 5.74) is 0. The van der Waals surface area contributed by atoms with Crippen LogP contribution < -0.4 is 0 Å². The number of hydrogen-bond donors (Lipinski definition) is 1. The maximum Gasteiger partial charge on any atom is 0.115 e. The molecule has 20 heavy (non-hydrogen) atoms. The molecule has 0 spiro atoms. The van der Waals surface area contributed by atoms with Crippen molar-refractivity contribution >= 4 is 23.5 Å². The van der Waals surface area contributed by atoms with Crippen LogP contribution in [0.1, 0.15) is 13.8 Å². The Kier molecular flexibility index (Phi) is 5.62. The van der Waals surface area contributed by atoms with Crippen molar-refractivity contribution in [2.24, 2.45) is 0 Å². The minimum Gasteiger partial charge on any atom is -0.510 e. The normalized spacial score (nSPS) is 13.7. The summed E-state index contributed by atoms with van der Waals surface area (Å²) in [4.78, 5) is 3.27. The van der Waals surface area contributed by atoms with Crippen LogP contribution >= 0.6 is 23.5 Å². The van der Waals surface area contributed by atoms with Crippen LogP contribution in [0.3, 0.4) is 0 Å². The highest BCUT2D eigenvalue weighted by atomic mass is 32.2. The van der Waals surface area contributed by atoms with Gasteiger partial charge in [0.05, 0.1) is 5.25 Å². The number of allylic oxidation sites excluding steroid dienone is 1. The summed E-state index contributed by atoms with van der Waals surface area (Å²) >= 11 is 3.28. The highest BCUT2D eigenvalue weighted by Crippen LogP contribution is 2.33. The van der Waals surface area contributed by atoms with Gasteiger partial charge in [-0.15, -0.1) is 11.8 Å². The number of aliphatic hydroxyl groups is 1. The van der Waals surface area contributed by atoms with Crippen LogP contribution in [0.15, 0.2) is 81.1 Å². The minimum absolute atomic E-state index is 0.0496. The van der Waals surface area contributed by atoms with Crippen LogP contribution in [0.5, 0.6) is 0 Å². The molecule has 0 aromatic heterocycles. The Morgan fingerprint density at radius 2 is 1.40 bits per heavy atom. The molecule has 0 aliphatic rings. The lowest BCUT2D eigenvalue weighted by Gasteiger charge is -2.13. The molecule has 0 saturated heterocycles. The summed E-state index contributed by atoms with van der Waals surface area (Å²) in [6.07, 6.45) is 0. The molecular weight excluding hydrogens is 284 g/mol. The Labute approximate surface area is 129 Å². The molecule has 0 aliphatic heterocycles. The maximum absolute atomic E-state index is 10.3. The first-order chi connectivity index (χ1) is 9.66. The van der Waals surface area contributed by atoms with Crippen molar-refractivity contribution in [1.29, 1.82) is 0 Å². The van der Waals surface area contributed by atoms with E-state index in [0.29, 0.717) is 5.76 Å². The highest BCUT2D eigenvalue weighted by Gasteiger charge is 2.13. The number of aliphatic hydroxyl groups excluding tert-OH is 1. The first-order valence-electron chi connectivity index (χ1n) is 6.51. The van der Waals surface area contributed by atoms with Gasteiger partial charge in [0.15, 0.2) is 0 Å². The molecule has 0 fully saturated rings. The van der Waals surface area contributed by atoms with Gasteiger partial charge in [-0.3, -0.25) is 0 Å². The highest BCUT2D eigenvalue weighted by molar-refractivity contribution is 8.03. The zero-order valence-corrected chi connectivity index (χ0v) is 13.2. The molecule has 2 aromatic rings. The van der Waals surface area contributed by atoms with Crippen LogP contribution in [-0.2, 0) is 0 Å². The van der Waals surface area contributed by atoms with Crippen LogP contribution in [0.4, 0.5) is 0 Å². The van der Waals surface area contributed by atoms with Crippen molar-refractivity contribution in [2.45, 2.75) is 28.9 Å². The molecular formula is C17H18OS2. The van der Waals surface area contributed by atoms with Gasteiger partial charge in [-0.2, -0.15) is 0 Å². The van der Waals surface area contributed by atoms with Gasteiger partial charge >= 0.3 is 0 Å². The Bertz CT molecular complexity index is 564. The second-order valence-electron chi connectivity index (χ2n) is 4.43. The van der Waals surface area contributed by atoms with Gasteiger partial charge in [0.1, 0.15) is 5.76 Å². The summed E-state index contributed by atoms with van der Waals surface area (Å²) < 4.78 is 0. The van der Waals surface area contributed by atoms with Gasteiger partial charge in [-0.1, -0.05) is 48.2 Å². The number of thioether (sulfide) groups is 2. The predicted molar refractivity (Wildman–Crippen MR) is 89.4 cm³/mol.